The van der Waals surface area contributed by atoms with Crippen molar-refractivity contribution in [1.29, 1.82) is 0 Å². The summed E-state index contributed by atoms with van der Waals surface area (Å²) in [7, 11) is 1.64. The molecule has 0 aromatic heterocycles. The molecule has 0 heterocycles. The normalized spacial score (nSPS) is 11.1. The molecule has 0 aliphatic rings. The number of rotatable bonds is 3. The van der Waals surface area contributed by atoms with Crippen LogP contribution in [0.15, 0.2) is 70.9 Å². The molecule has 104 valence electrons. The molecule has 0 N–H and O–H groups in total. The molecule has 3 rings (SSSR count). The van der Waals surface area contributed by atoms with Crippen LogP contribution >= 0.6 is 11.6 Å². The predicted molar refractivity (Wildman–Crippen MR) is 86.1 cm³/mol. The molecular formula is C17H13ClN2O. The van der Waals surface area contributed by atoms with Gasteiger partial charge in [-0.15, -0.1) is 5.11 Å². The van der Waals surface area contributed by atoms with Crippen LogP contribution in [0, 0.1) is 0 Å². The van der Waals surface area contributed by atoms with Gasteiger partial charge in [0.1, 0.15) is 5.75 Å². The molecule has 4 heteroatoms. The van der Waals surface area contributed by atoms with Crippen LogP contribution in [0.2, 0.25) is 5.02 Å². The van der Waals surface area contributed by atoms with E-state index in [9.17, 15) is 0 Å². The molecule has 0 saturated heterocycles. The van der Waals surface area contributed by atoms with Crippen LogP contribution in [-0.4, -0.2) is 7.11 Å². The highest BCUT2D eigenvalue weighted by molar-refractivity contribution is 6.36. The van der Waals surface area contributed by atoms with Crippen LogP contribution in [-0.2, 0) is 0 Å². The van der Waals surface area contributed by atoms with Crippen LogP contribution in [0.1, 0.15) is 0 Å². The van der Waals surface area contributed by atoms with Gasteiger partial charge in [-0.1, -0.05) is 35.9 Å². The van der Waals surface area contributed by atoms with Crippen molar-refractivity contribution >= 4 is 33.7 Å². The monoisotopic (exact) mass is 296 g/mol. The number of benzene rings is 3. The average Bonchev–Trinajstić information content (AvgIpc) is 2.55. The average molecular weight is 297 g/mol. The topological polar surface area (TPSA) is 34.0 Å². The third kappa shape index (κ3) is 2.88. The maximum absolute atomic E-state index is 6.19. The molecule has 21 heavy (non-hydrogen) atoms. The third-order valence-corrected chi connectivity index (χ3v) is 3.52. The van der Waals surface area contributed by atoms with Gasteiger partial charge in [0.05, 0.1) is 18.5 Å². The van der Waals surface area contributed by atoms with Crippen molar-refractivity contribution in [2.45, 2.75) is 0 Å². The number of hydrogen-bond acceptors (Lipinski definition) is 3. The summed E-state index contributed by atoms with van der Waals surface area (Å²) < 4.78 is 5.12. The van der Waals surface area contributed by atoms with Crippen LogP contribution in [0.4, 0.5) is 11.4 Å². The summed E-state index contributed by atoms with van der Waals surface area (Å²) in [6.07, 6.45) is 0. The van der Waals surface area contributed by atoms with Gasteiger partial charge in [0.2, 0.25) is 0 Å². The Morgan fingerprint density at radius 3 is 2.24 bits per heavy atom. The zero-order valence-corrected chi connectivity index (χ0v) is 12.2. The van der Waals surface area contributed by atoms with E-state index >= 15 is 0 Å². The van der Waals surface area contributed by atoms with Crippen molar-refractivity contribution in [2.75, 3.05) is 7.11 Å². The zero-order chi connectivity index (χ0) is 14.7. The van der Waals surface area contributed by atoms with E-state index in [0.717, 1.165) is 27.9 Å². The fraction of sp³-hybridized carbons (Fsp3) is 0.0588. The van der Waals surface area contributed by atoms with Crippen LogP contribution in [0.5, 0.6) is 5.75 Å². The van der Waals surface area contributed by atoms with Gasteiger partial charge in [-0.25, -0.2) is 0 Å². The number of halogens is 1. The second-order valence-electron chi connectivity index (χ2n) is 4.51. The number of methoxy groups -OCH3 is 1. The zero-order valence-electron chi connectivity index (χ0n) is 11.5. The minimum absolute atomic E-state index is 0.717. The van der Waals surface area contributed by atoms with E-state index in [4.69, 9.17) is 16.3 Å². The van der Waals surface area contributed by atoms with Crippen molar-refractivity contribution in [2.24, 2.45) is 10.2 Å². The number of hydrogen-bond donors (Lipinski definition) is 0. The van der Waals surface area contributed by atoms with Gasteiger partial charge in [0, 0.05) is 15.8 Å². The number of azo groups is 1. The molecule has 0 atom stereocenters. The van der Waals surface area contributed by atoms with Crippen molar-refractivity contribution < 1.29 is 4.74 Å². The summed E-state index contributed by atoms with van der Waals surface area (Å²) >= 11 is 6.19. The first-order chi connectivity index (χ1) is 10.3. The number of fused-ring (bicyclic) bond motifs is 1. The first-order valence-corrected chi connectivity index (χ1v) is 6.89. The summed E-state index contributed by atoms with van der Waals surface area (Å²) in [4.78, 5) is 0. The molecular weight excluding hydrogens is 284 g/mol. The van der Waals surface area contributed by atoms with E-state index in [1.165, 1.54) is 0 Å². The molecule has 0 saturated carbocycles. The molecule has 3 nitrogen and oxygen atoms in total. The van der Waals surface area contributed by atoms with Crippen LogP contribution in [0.25, 0.3) is 10.8 Å². The summed E-state index contributed by atoms with van der Waals surface area (Å²) in [5.74, 6) is 0.797. The lowest BCUT2D eigenvalue weighted by molar-refractivity contribution is 0.415. The Kier molecular flexibility index (Phi) is 3.84. The molecule has 3 aromatic carbocycles. The SMILES string of the molecule is COc1ccc(N=Nc2ccc(Cl)c3ccccc23)cc1. The number of nitrogens with zero attached hydrogens (tertiary/aromatic N) is 2. The molecule has 0 amide bonds. The van der Waals surface area contributed by atoms with Crippen molar-refractivity contribution in [3.8, 4) is 5.75 Å². The van der Waals surface area contributed by atoms with Gasteiger partial charge >= 0.3 is 0 Å². The van der Waals surface area contributed by atoms with Gasteiger partial charge in [-0.3, -0.25) is 0 Å². The van der Waals surface area contributed by atoms with Crippen molar-refractivity contribution in [1.82, 2.24) is 0 Å². The minimum atomic E-state index is 0.717. The minimum Gasteiger partial charge on any atom is -0.497 e. The largest absolute Gasteiger partial charge is 0.497 e. The van der Waals surface area contributed by atoms with Gasteiger partial charge in [-0.05, 0) is 36.4 Å². The van der Waals surface area contributed by atoms with Gasteiger partial charge in [-0.2, -0.15) is 5.11 Å². The first kappa shape index (κ1) is 13.6. The summed E-state index contributed by atoms with van der Waals surface area (Å²) in [6.45, 7) is 0. The Balaban J connectivity index is 1.97. The summed E-state index contributed by atoms with van der Waals surface area (Å²) in [5.41, 5.74) is 1.57. The standard InChI is InChI=1S/C17H13ClN2O/c1-21-13-8-6-12(7-9-13)19-20-17-11-10-16(18)14-4-2-3-5-15(14)17/h2-11H,1H3. The Morgan fingerprint density at radius 1 is 0.810 bits per heavy atom. The maximum atomic E-state index is 6.19. The molecule has 0 unspecified atom stereocenters. The van der Waals surface area contributed by atoms with E-state index in [2.05, 4.69) is 10.2 Å². The molecule has 0 radical (unpaired) electrons. The maximum Gasteiger partial charge on any atom is 0.119 e. The lowest BCUT2D eigenvalue weighted by atomic mass is 10.1. The van der Waals surface area contributed by atoms with Crippen molar-refractivity contribution in [3.63, 3.8) is 0 Å². The second-order valence-corrected chi connectivity index (χ2v) is 4.92. The molecule has 0 aliphatic carbocycles. The third-order valence-electron chi connectivity index (χ3n) is 3.19. The van der Waals surface area contributed by atoms with E-state index < -0.39 is 0 Å². The summed E-state index contributed by atoms with van der Waals surface area (Å²) in [5, 5.41) is 11.3. The highest BCUT2D eigenvalue weighted by atomic mass is 35.5. The van der Waals surface area contributed by atoms with Gasteiger partial charge in [0.25, 0.3) is 0 Å². The van der Waals surface area contributed by atoms with Crippen LogP contribution in [0.3, 0.4) is 0 Å². The Bertz CT molecular complexity index is 797. The lowest BCUT2D eigenvalue weighted by Crippen LogP contribution is -1.79. The fourth-order valence-electron chi connectivity index (χ4n) is 2.09. The Labute approximate surface area is 127 Å². The molecule has 3 aromatic rings. The van der Waals surface area contributed by atoms with Gasteiger partial charge in [0.15, 0.2) is 0 Å². The highest BCUT2D eigenvalue weighted by Gasteiger charge is 2.03. The predicted octanol–water partition coefficient (Wildman–Crippen LogP) is 5.92. The van der Waals surface area contributed by atoms with Crippen molar-refractivity contribution in [3.05, 3.63) is 65.7 Å². The van der Waals surface area contributed by atoms with E-state index in [0.29, 0.717) is 5.02 Å². The highest BCUT2D eigenvalue weighted by Crippen LogP contribution is 2.32. The molecule has 0 fully saturated rings. The van der Waals surface area contributed by atoms with Gasteiger partial charge < -0.3 is 4.74 Å². The lowest BCUT2D eigenvalue weighted by Gasteiger charge is -2.03. The Morgan fingerprint density at radius 2 is 1.52 bits per heavy atom. The summed E-state index contributed by atoms with van der Waals surface area (Å²) in [6, 6.07) is 19.0. The van der Waals surface area contributed by atoms with E-state index in [-0.39, 0.29) is 0 Å². The molecule has 0 bridgehead atoms. The fourth-order valence-corrected chi connectivity index (χ4v) is 2.32. The van der Waals surface area contributed by atoms with Crippen LogP contribution < -0.4 is 4.74 Å². The van der Waals surface area contributed by atoms with E-state index in [1.54, 1.807) is 7.11 Å². The molecule has 0 spiro atoms. The van der Waals surface area contributed by atoms with E-state index in [1.807, 2.05) is 60.7 Å². The molecule has 0 aliphatic heterocycles. The quantitative estimate of drug-likeness (QED) is 0.552. The first-order valence-electron chi connectivity index (χ1n) is 6.51. The number of ether oxygens (including phenoxy) is 1. The smallest absolute Gasteiger partial charge is 0.119 e. The Hall–Kier alpha value is -2.39. The second kappa shape index (κ2) is 5.94.